The normalized spacial score (nSPS) is 18.1. The van der Waals surface area contributed by atoms with Crippen LogP contribution in [0.15, 0.2) is 36.4 Å². The van der Waals surface area contributed by atoms with Crippen LogP contribution in [0.5, 0.6) is 11.5 Å². The van der Waals surface area contributed by atoms with Crippen molar-refractivity contribution < 1.29 is 18.6 Å². The number of benzene rings is 2. The van der Waals surface area contributed by atoms with Gasteiger partial charge < -0.3 is 15.2 Å². The third kappa shape index (κ3) is 2.69. The van der Waals surface area contributed by atoms with Crippen LogP contribution in [0.3, 0.4) is 0 Å². The number of phenolic OH excluding ortho intramolecular Hbond substituents is 1. The van der Waals surface area contributed by atoms with Crippen molar-refractivity contribution in [2.45, 2.75) is 19.0 Å². The number of hydrogen-bond acceptors (Lipinski definition) is 3. The largest absolute Gasteiger partial charge is 0.508 e. The molecule has 0 radical (unpaired) electrons. The third-order valence-electron chi connectivity index (χ3n) is 3.65. The molecule has 0 fully saturated rings. The molecule has 1 aliphatic heterocycles. The second kappa shape index (κ2) is 5.33. The Labute approximate surface area is 121 Å². The van der Waals surface area contributed by atoms with E-state index in [2.05, 4.69) is 5.32 Å². The molecule has 3 rings (SSSR count). The Bertz CT molecular complexity index is 675. The van der Waals surface area contributed by atoms with Crippen molar-refractivity contribution in [1.82, 2.24) is 5.32 Å². The number of halogens is 2. The summed E-state index contributed by atoms with van der Waals surface area (Å²) in [6.07, 6.45) is 0. The number of aromatic hydroxyl groups is 1. The Balaban J connectivity index is 1.81. The predicted octanol–water partition coefficient (Wildman–Crippen LogP) is 3.45. The van der Waals surface area contributed by atoms with Crippen molar-refractivity contribution >= 4 is 0 Å². The van der Waals surface area contributed by atoms with Gasteiger partial charge in [0.1, 0.15) is 29.7 Å². The van der Waals surface area contributed by atoms with Gasteiger partial charge in [-0.15, -0.1) is 0 Å². The SMILES string of the molecule is CC(NC1COc2cc(O)ccc21)c1cc(F)ccc1F. The lowest BCUT2D eigenvalue weighted by Crippen LogP contribution is -2.26. The van der Waals surface area contributed by atoms with Crippen molar-refractivity contribution in [2.24, 2.45) is 0 Å². The van der Waals surface area contributed by atoms with Crippen LogP contribution in [0.1, 0.15) is 30.1 Å². The van der Waals surface area contributed by atoms with E-state index < -0.39 is 11.6 Å². The minimum absolute atomic E-state index is 0.127. The Hall–Kier alpha value is -2.14. The molecule has 1 heterocycles. The van der Waals surface area contributed by atoms with Gasteiger partial charge in [0.25, 0.3) is 0 Å². The molecule has 2 aromatic rings. The quantitative estimate of drug-likeness (QED) is 0.910. The highest BCUT2D eigenvalue weighted by Crippen LogP contribution is 2.36. The monoisotopic (exact) mass is 291 g/mol. The second-order valence-electron chi connectivity index (χ2n) is 5.14. The van der Waals surface area contributed by atoms with Crippen LogP contribution in [-0.2, 0) is 0 Å². The van der Waals surface area contributed by atoms with Gasteiger partial charge in [-0.2, -0.15) is 0 Å². The maximum atomic E-state index is 13.8. The van der Waals surface area contributed by atoms with E-state index >= 15 is 0 Å². The van der Waals surface area contributed by atoms with E-state index in [9.17, 15) is 13.9 Å². The highest BCUT2D eigenvalue weighted by Gasteiger charge is 2.26. The molecule has 110 valence electrons. The maximum absolute atomic E-state index is 13.8. The topological polar surface area (TPSA) is 41.5 Å². The standard InChI is InChI=1S/C16H15F2NO2/c1-9(13-6-10(17)2-5-14(13)18)19-15-8-21-16-7-11(20)3-4-12(15)16/h2-7,9,15,19-20H,8H2,1H3. The molecule has 3 nitrogen and oxygen atoms in total. The molecule has 21 heavy (non-hydrogen) atoms. The molecule has 0 spiro atoms. The van der Waals surface area contributed by atoms with E-state index in [-0.39, 0.29) is 23.4 Å². The zero-order valence-corrected chi connectivity index (χ0v) is 11.4. The van der Waals surface area contributed by atoms with Crippen LogP contribution in [0.2, 0.25) is 0 Å². The molecule has 0 aliphatic carbocycles. The summed E-state index contributed by atoms with van der Waals surface area (Å²) in [6.45, 7) is 2.16. The number of hydrogen-bond donors (Lipinski definition) is 2. The molecule has 0 amide bonds. The summed E-state index contributed by atoms with van der Waals surface area (Å²) in [5.41, 5.74) is 1.18. The van der Waals surface area contributed by atoms with Crippen molar-refractivity contribution in [3.8, 4) is 11.5 Å². The van der Waals surface area contributed by atoms with E-state index in [1.54, 1.807) is 25.1 Å². The smallest absolute Gasteiger partial charge is 0.128 e. The molecule has 2 aromatic carbocycles. The minimum Gasteiger partial charge on any atom is -0.508 e. The van der Waals surface area contributed by atoms with E-state index in [1.165, 1.54) is 6.07 Å². The van der Waals surface area contributed by atoms with E-state index in [0.717, 1.165) is 17.7 Å². The number of phenols is 1. The molecule has 2 atom stereocenters. The van der Waals surface area contributed by atoms with E-state index in [0.29, 0.717) is 12.4 Å². The highest BCUT2D eigenvalue weighted by molar-refractivity contribution is 5.44. The van der Waals surface area contributed by atoms with Gasteiger partial charge >= 0.3 is 0 Å². The Kier molecular flexibility index (Phi) is 3.51. The van der Waals surface area contributed by atoms with Gasteiger partial charge in [-0.25, -0.2) is 8.78 Å². The summed E-state index contributed by atoms with van der Waals surface area (Å²) in [7, 11) is 0. The van der Waals surface area contributed by atoms with Crippen molar-refractivity contribution in [3.05, 3.63) is 59.2 Å². The Morgan fingerprint density at radius 1 is 1.24 bits per heavy atom. The first kappa shape index (κ1) is 13.8. The predicted molar refractivity (Wildman–Crippen MR) is 74.3 cm³/mol. The first-order valence-corrected chi connectivity index (χ1v) is 6.71. The zero-order chi connectivity index (χ0) is 15.0. The van der Waals surface area contributed by atoms with E-state index in [1.807, 2.05) is 0 Å². The summed E-state index contributed by atoms with van der Waals surface area (Å²) < 4.78 is 32.5. The second-order valence-corrected chi connectivity index (χ2v) is 5.14. The molecule has 2 N–H and O–H groups in total. The van der Waals surface area contributed by atoms with Crippen LogP contribution in [0, 0.1) is 11.6 Å². The minimum atomic E-state index is -0.465. The number of ether oxygens (including phenoxy) is 1. The molecule has 0 saturated carbocycles. The van der Waals surface area contributed by atoms with Gasteiger partial charge in [0.2, 0.25) is 0 Å². The van der Waals surface area contributed by atoms with Crippen LogP contribution < -0.4 is 10.1 Å². The Morgan fingerprint density at radius 2 is 2.05 bits per heavy atom. The van der Waals surface area contributed by atoms with Gasteiger partial charge in [-0.1, -0.05) is 0 Å². The molecule has 2 unspecified atom stereocenters. The van der Waals surface area contributed by atoms with Crippen LogP contribution in [0.4, 0.5) is 8.78 Å². The number of nitrogens with one attached hydrogen (secondary N) is 1. The molecular formula is C16H15F2NO2. The summed E-state index contributed by atoms with van der Waals surface area (Å²) in [5, 5.41) is 12.6. The molecule has 1 aliphatic rings. The summed E-state index contributed by atoms with van der Waals surface area (Å²) in [4.78, 5) is 0. The summed E-state index contributed by atoms with van der Waals surface area (Å²) >= 11 is 0. The third-order valence-corrected chi connectivity index (χ3v) is 3.65. The van der Waals surface area contributed by atoms with Gasteiger partial charge in [0.15, 0.2) is 0 Å². The zero-order valence-electron chi connectivity index (χ0n) is 11.4. The average molecular weight is 291 g/mol. The van der Waals surface area contributed by atoms with Gasteiger partial charge in [-0.05, 0) is 37.3 Å². The maximum Gasteiger partial charge on any atom is 0.128 e. The van der Waals surface area contributed by atoms with Crippen molar-refractivity contribution in [1.29, 1.82) is 0 Å². The van der Waals surface area contributed by atoms with Crippen LogP contribution in [0.25, 0.3) is 0 Å². The van der Waals surface area contributed by atoms with Crippen molar-refractivity contribution in [3.63, 3.8) is 0 Å². The van der Waals surface area contributed by atoms with Crippen molar-refractivity contribution in [2.75, 3.05) is 6.61 Å². The molecule has 0 bridgehead atoms. The first-order chi connectivity index (χ1) is 10.0. The summed E-state index contributed by atoms with van der Waals surface area (Å²) in [6, 6.07) is 7.82. The van der Waals surface area contributed by atoms with E-state index in [4.69, 9.17) is 4.74 Å². The fourth-order valence-corrected chi connectivity index (χ4v) is 2.57. The molecule has 5 heteroatoms. The van der Waals surface area contributed by atoms with Crippen LogP contribution in [-0.4, -0.2) is 11.7 Å². The first-order valence-electron chi connectivity index (χ1n) is 6.71. The lowest BCUT2D eigenvalue weighted by molar-refractivity contribution is 0.299. The molecule has 0 aromatic heterocycles. The van der Waals surface area contributed by atoms with Gasteiger partial charge in [0, 0.05) is 23.2 Å². The number of fused-ring (bicyclic) bond motifs is 1. The fourth-order valence-electron chi connectivity index (χ4n) is 2.57. The Morgan fingerprint density at radius 3 is 2.86 bits per heavy atom. The lowest BCUT2D eigenvalue weighted by atomic mass is 10.0. The molecule has 0 saturated heterocycles. The molecular weight excluding hydrogens is 276 g/mol. The van der Waals surface area contributed by atoms with Gasteiger partial charge in [-0.3, -0.25) is 0 Å². The highest BCUT2D eigenvalue weighted by atomic mass is 19.1. The van der Waals surface area contributed by atoms with Crippen LogP contribution >= 0.6 is 0 Å². The summed E-state index contributed by atoms with van der Waals surface area (Å²) in [5.74, 6) is -0.160. The average Bonchev–Trinajstić information content (AvgIpc) is 2.83. The number of rotatable bonds is 3. The fraction of sp³-hybridized carbons (Fsp3) is 0.250. The lowest BCUT2D eigenvalue weighted by Gasteiger charge is -2.19. The van der Waals surface area contributed by atoms with Gasteiger partial charge in [0.05, 0.1) is 6.04 Å².